The molecule has 0 unspecified atom stereocenters. The molecule has 0 saturated carbocycles. The van der Waals surface area contributed by atoms with Gasteiger partial charge in [-0.1, -0.05) is 0 Å². The summed E-state index contributed by atoms with van der Waals surface area (Å²) in [5.74, 6) is 0. The van der Waals surface area contributed by atoms with E-state index in [0.717, 1.165) is 0 Å². The van der Waals surface area contributed by atoms with Gasteiger partial charge in [0.05, 0.1) is 18.2 Å². The highest BCUT2D eigenvalue weighted by Crippen LogP contribution is 2.12. The lowest BCUT2D eigenvalue weighted by Crippen LogP contribution is -2.48. The number of aliphatic hydroxyl groups excluding tert-OH is 1. The number of likely N-dealkylation sites (N-methyl/N-ethyl adjacent to an activating group) is 1. The molecule has 1 amide bonds. The van der Waals surface area contributed by atoms with Crippen LogP contribution in [0.1, 0.15) is 27.7 Å². The number of nitrogens with zero attached hydrogens (tertiary/aromatic N) is 1. The summed E-state index contributed by atoms with van der Waals surface area (Å²) in [5, 5.41) is 9.00. The molecule has 0 aromatic rings. The van der Waals surface area contributed by atoms with Gasteiger partial charge in [-0.15, -0.1) is 0 Å². The minimum atomic E-state index is -0.577. The Morgan fingerprint density at radius 3 is 2.31 bits per heavy atom. The Kier molecular flexibility index (Phi) is 4.20. The van der Waals surface area contributed by atoms with Crippen LogP contribution in [-0.2, 0) is 4.74 Å². The standard InChI is InChI=1S/C9H19NO3/c1-7(2)13-8(12)10(5)9(3,4)6-11/h7,11H,6H2,1-5H3. The summed E-state index contributed by atoms with van der Waals surface area (Å²) < 4.78 is 4.98. The van der Waals surface area contributed by atoms with E-state index in [0.29, 0.717) is 0 Å². The van der Waals surface area contributed by atoms with Crippen LogP contribution in [0.2, 0.25) is 0 Å². The normalized spacial score (nSPS) is 11.6. The molecule has 0 aromatic carbocycles. The van der Waals surface area contributed by atoms with Crippen molar-refractivity contribution in [2.75, 3.05) is 13.7 Å². The van der Waals surface area contributed by atoms with Crippen molar-refractivity contribution >= 4 is 6.09 Å². The van der Waals surface area contributed by atoms with Gasteiger partial charge in [-0.2, -0.15) is 0 Å². The van der Waals surface area contributed by atoms with Crippen molar-refractivity contribution in [3.05, 3.63) is 0 Å². The van der Waals surface area contributed by atoms with Crippen molar-refractivity contribution in [2.24, 2.45) is 0 Å². The van der Waals surface area contributed by atoms with Crippen LogP contribution in [0, 0.1) is 0 Å². The van der Waals surface area contributed by atoms with Crippen LogP contribution in [-0.4, -0.2) is 41.4 Å². The van der Waals surface area contributed by atoms with E-state index in [1.54, 1.807) is 34.7 Å². The monoisotopic (exact) mass is 189 g/mol. The summed E-state index contributed by atoms with van der Waals surface area (Å²) in [4.78, 5) is 12.7. The van der Waals surface area contributed by atoms with Gasteiger partial charge in [0.2, 0.25) is 0 Å². The molecule has 0 fully saturated rings. The third kappa shape index (κ3) is 3.63. The van der Waals surface area contributed by atoms with Crippen LogP contribution >= 0.6 is 0 Å². The van der Waals surface area contributed by atoms with Gasteiger partial charge in [0, 0.05) is 7.05 Å². The van der Waals surface area contributed by atoms with Crippen LogP contribution in [0.5, 0.6) is 0 Å². The zero-order chi connectivity index (χ0) is 10.6. The molecular weight excluding hydrogens is 170 g/mol. The molecule has 1 N–H and O–H groups in total. The van der Waals surface area contributed by atoms with E-state index in [2.05, 4.69) is 0 Å². The number of carbonyl (C=O) groups excluding carboxylic acids is 1. The van der Waals surface area contributed by atoms with Crippen molar-refractivity contribution in [1.82, 2.24) is 4.90 Å². The summed E-state index contributed by atoms with van der Waals surface area (Å²) in [6.07, 6.45) is -0.543. The highest BCUT2D eigenvalue weighted by atomic mass is 16.6. The van der Waals surface area contributed by atoms with Crippen molar-refractivity contribution < 1.29 is 14.6 Å². The molecule has 4 nitrogen and oxygen atoms in total. The lowest BCUT2D eigenvalue weighted by atomic mass is 10.1. The first-order valence-corrected chi connectivity index (χ1v) is 4.36. The highest BCUT2D eigenvalue weighted by Gasteiger charge is 2.28. The molecule has 0 atom stereocenters. The van der Waals surface area contributed by atoms with Gasteiger partial charge in [0.15, 0.2) is 0 Å². The fraction of sp³-hybridized carbons (Fsp3) is 0.889. The van der Waals surface area contributed by atoms with E-state index >= 15 is 0 Å². The predicted octanol–water partition coefficient (Wildman–Crippen LogP) is 1.23. The van der Waals surface area contributed by atoms with E-state index in [1.165, 1.54) is 4.90 Å². The van der Waals surface area contributed by atoms with Gasteiger partial charge in [-0.05, 0) is 27.7 Å². The molecule has 0 spiro atoms. The summed E-state index contributed by atoms with van der Waals surface area (Å²) in [6.45, 7) is 7.04. The summed E-state index contributed by atoms with van der Waals surface area (Å²) >= 11 is 0. The van der Waals surface area contributed by atoms with E-state index in [9.17, 15) is 4.79 Å². The third-order valence-electron chi connectivity index (χ3n) is 1.91. The number of ether oxygens (including phenoxy) is 1. The first-order chi connectivity index (χ1) is 5.81. The molecule has 0 aromatic heterocycles. The topological polar surface area (TPSA) is 49.8 Å². The Morgan fingerprint density at radius 1 is 1.54 bits per heavy atom. The fourth-order valence-corrected chi connectivity index (χ4v) is 0.634. The number of hydrogen-bond acceptors (Lipinski definition) is 3. The van der Waals surface area contributed by atoms with Crippen molar-refractivity contribution in [3.63, 3.8) is 0 Å². The van der Waals surface area contributed by atoms with E-state index in [1.807, 2.05) is 0 Å². The van der Waals surface area contributed by atoms with Crippen LogP contribution in [0.15, 0.2) is 0 Å². The summed E-state index contributed by atoms with van der Waals surface area (Å²) in [6, 6.07) is 0. The lowest BCUT2D eigenvalue weighted by Gasteiger charge is -2.33. The molecule has 0 heterocycles. The quantitative estimate of drug-likeness (QED) is 0.726. The Balaban J connectivity index is 4.25. The summed E-state index contributed by atoms with van der Waals surface area (Å²) in [7, 11) is 1.61. The number of carbonyl (C=O) groups is 1. The minimum Gasteiger partial charge on any atom is -0.447 e. The molecule has 0 radical (unpaired) electrons. The number of aliphatic hydroxyl groups is 1. The molecule has 13 heavy (non-hydrogen) atoms. The number of amides is 1. The van der Waals surface area contributed by atoms with Gasteiger partial charge in [-0.3, -0.25) is 0 Å². The maximum absolute atomic E-state index is 11.4. The molecular formula is C9H19NO3. The predicted molar refractivity (Wildman–Crippen MR) is 50.5 cm³/mol. The zero-order valence-electron chi connectivity index (χ0n) is 9.00. The highest BCUT2D eigenvalue weighted by molar-refractivity contribution is 5.68. The Bertz CT molecular complexity index is 178. The second kappa shape index (κ2) is 4.46. The first kappa shape index (κ1) is 12.2. The van der Waals surface area contributed by atoms with Crippen LogP contribution < -0.4 is 0 Å². The fourth-order valence-electron chi connectivity index (χ4n) is 0.634. The van der Waals surface area contributed by atoms with Gasteiger partial charge in [0.1, 0.15) is 0 Å². The lowest BCUT2D eigenvalue weighted by molar-refractivity contribution is 0.0346. The maximum atomic E-state index is 11.4. The number of rotatable bonds is 3. The van der Waals surface area contributed by atoms with E-state index in [4.69, 9.17) is 9.84 Å². The third-order valence-corrected chi connectivity index (χ3v) is 1.91. The molecule has 0 rings (SSSR count). The molecule has 0 aliphatic heterocycles. The summed E-state index contributed by atoms with van der Waals surface area (Å²) in [5.41, 5.74) is -0.577. The molecule has 0 aliphatic rings. The largest absolute Gasteiger partial charge is 0.447 e. The molecule has 78 valence electrons. The second-order valence-electron chi connectivity index (χ2n) is 3.96. The first-order valence-electron chi connectivity index (χ1n) is 4.36. The molecule has 0 saturated heterocycles. The van der Waals surface area contributed by atoms with Gasteiger partial charge >= 0.3 is 6.09 Å². The average molecular weight is 189 g/mol. The van der Waals surface area contributed by atoms with Crippen LogP contribution in [0.25, 0.3) is 0 Å². The minimum absolute atomic E-state index is 0.0866. The zero-order valence-corrected chi connectivity index (χ0v) is 9.00. The Labute approximate surface area is 79.5 Å². The molecule has 4 heteroatoms. The molecule has 0 aliphatic carbocycles. The Morgan fingerprint density at radius 2 is 2.00 bits per heavy atom. The van der Waals surface area contributed by atoms with Gasteiger partial charge in [-0.25, -0.2) is 4.79 Å². The van der Waals surface area contributed by atoms with E-state index < -0.39 is 11.6 Å². The van der Waals surface area contributed by atoms with Crippen molar-refractivity contribution in [2.45, 2.75) is 39.3 Å². The van der Waals surface area contributed by atoms with Gasteiger partial charge < -0.3 is 14.7 Å². The SMILES string of the molecule is CC(C)OC(=O)N(C)C(C)(C)CO. The van der Waals surface area contributed by atoms with Crippen molar-refractivity contribution in [1.29, 1.82) is 0 Å². The smallest absolute Gasteiger partial charge is 0.410 e. The van der Waals surface area contributed by atoms with E-state index in [-0.39, 0.29) is 12.7 Å². The number of hydrogen-bond donors (Lipinski definition) is 1. The Hall–Kier alpha value is -0.770. The van der Waals surface area contributed by atoms with Crippen LogP contribution in [0.4, 0.5) is 4.79 Å². The van der Waals surface area contributed by atoms with Crippen molar-refractivity contribution in [3.8, 4) is 0 Å². The maximum Gasteiger partial charge on any atom is 0.410 e. The average Bonchev–Trinajstić information content (AvgIpc) is 2.01. The van der Waals surface area contributed by atoms with Gasteiger partial charge in [0.25, 0.3) is 0 Å². The second-order valence-corrected chi connectivity index (χ2v) is 3.96. The van der Waals surface area contributed by atoms with Crippen LogP contribution in [0.3, 0.4) is 0 Å². The molecule has 0 bridgehead atoms.